The van der Waals surface area contributed by atoms with Crippen molar-refractivity contribution in [3.05, 3.63) is 34.9 Å². The van der Waals surface area contributed by atoms with E-state index in [4.69, 9.17) is 4.74 Å². The quantitative estimate of drug-likeness (QED) is 0.823. The Kier molecular flexibility index (Phi) is 3.62. The number of aryl methyl sites for hydroxylation is 2. The molecule has 1 aliphatic rings. The first-order valence-corrected chi connectivity index (χ1v) is 6.07. The number of benzene rings is 1. The highest BCUT2D eigenvalue weighted by Gasteiger charge is 2.18. The van der Waals surface area contributed by atoms with E-state index in [1.54, 1.807) is 0 Å². The van der Waals surface area contributed by atoms with Gasteiger partial charge in [0.1, 0.15) is 0 Å². The van der Waals surface area contributed by atoms with Crippen LogP contribution in [0.3, 0.4) is 0 Å². The molecule has 0 spiro atoms. The minimum Gasteiger partial charge on any atom is -0.372 e. The zero-order chi connectivity index (χ0) is 11.5. The van der Waals surface area contributed by atoms with Gasteiger partial charge in [-0.25, -0.2) is 0 Å². The van der Waals surface area contributed by atoms with E-state index in [1.807, 2.05) is 0 Å². The molecule has 2 unspecified atom stereocenters. The van der Waals surface area contributed by atoms with Gasteiger partial charge in [-0.2, -0.15) is 0 Å². The van der Waals surface area contributed by atoms with Gasteiger partial charge in [0.2, 0.25) is 0 Å². The van der Waals surface area contributed by atoms with Crippen LogP contribution < -0.4 is 5.32 Å². The van der Waals surface area contributed by atoms with Gasteiger partial charge in [0.25, 0.3) is 0 Å². The van der Waals surface area contributed by atoms with Crippen molar-refractivity contribution >= 4 is 0 Å². The molecule has 0 aliphatic carbocycles. The van der Waals surface area contributed by atoms with E-state index >= 15 is 0 Å². The number of nitrogens with one attached hydrogen (secondary N) is 1. The summed E-state index contributed by atoms with van der Waals surface area (Å²) in [6.07, 6.45) is 1.68. The van der Waals surface area contributed by atoms with Crippen LogP contribution in [0.4, 0.5) is 0 Å². The van der Waals surface area contributed by atoms with Crippen LogP contribution in [0.15, 0.2) is 18.2 Å². The third-order valence-electron chi connectivity index (χ3n) is 3.26. The van der Waals surface area contributed by atoms with Crippen LogP contribution in [0.1, 0.15) is 23.6 Å². The molecule has 1 fully saturated rings. The number of hydrogen-bond donors (Lipinski definition) is 1. The Morgan fingerprint density at radius 3 is 2.75 bits per heavy atom. The Labute approximate surface area is 98.0 Å². The Morgan fingerprint density at radius 2 is 2.06 bits per heavy atom. The molecule has 2 heteroatoms. The molecule has 1 aromatic carbocycles. The maximum absolute atomic E-state index is 5.90. The summed E-state index contributed by atoms with van der Waals surface area (Å²) in [7, 11) is 0. The van der Waals surface area contributed by atoms with Crippen molar-refractivity contribution < 1.29 is 4.74 Å². The Morgan fingerprint density at radius 1 is 1.25 bits per heavy atom. The standard InChI is InChI=1S/C14H21NO/c1-10-4-5-13(6-11(10)2)7-14-9-15-8-12(3)16-14/h4-6,12,14-15H,7-9H2,1-3H3. The van der Waals surface area contributed by atoms with Gasteiger partial charge in [-0.3, -0.25) is 0 Å². The summed E-state index contributed by atoms with van der Waals surface area (Å²) >= 11 is 0. The summed E-state index contributed by atoms with van der Waals surface area (Å²) in [6.45, 7) is 8.39. The average molecular weight is 219 g/mol. The molecule has 0 radical (unpaired) electrons. The van der Waals surface area contributed by atoms with Crippen LogP contribution in [0.25, 0.3) is 0 Å². The second-order valence-corrected chi connectivity index (χ2v) is 4.85. The van der Waals surface area contributed by atoms with Crippen LogP contribution >= 0.6 is 0 Å². The van der Waals surface area contributed by atoms with Crippen molar-refractivity contribution in [2.24, 2.45) is 0 Å². The van der Waals surface area contributed by atoms with Gasteiger partial charge >= 0.3 is 0 Å². The van der Waals surface area contributed by atoms with Crippen molar-refractivity contribution in [2.75, 3.05) is 13.1 Å². The Balaban J connectivity index is 2.00. The second kappa shape index (κ2) is 4.98. The second-order valence-electron chi connectivity index (χ2n) is 4.85. The fourth-order valence-corrected chi connectivity index (χ4v) is 2.19. The van der Waals surface area contributed by atoms with Gasteiger partial charge in [-0.05, 0) is 43.9 Å². The summed E-state index contributed by atoms with van der Waals surface area (Å²) in [5.74, 6) is 0. The van der Waals surface area contributed by atoms with Gasteiger partial charge < -0.3 is 10.1 Å². The molecular weight excluding hydrogens is 198 g/mol. The molecule has 1 heterocycles. The predicted octanol–water partition coefficient (Wildman–Crippen LogP) is 2.22. The predicted molar refractivity (Wildman–Crippen MR) is 66.8 cm³/mol. The van der Waals surface area contributed by atoms with Gasteiger partial charge in [0.05, 0.1) is 12.2 Å². The van der Waals surface area contributed by atoms with Gasteiger partial charge in [0, 0.05) is 13.1 Å². The highest BCUT2D eigenvalue weighted by atomic mass is 16.5. The van der Waals surface area contributed by atoms with Gasteiger partial charge in [-0.1, -0.05) is 18.2 Å². The molecule has 2 rings (SSSR count). The highest BCUT2D eigenvalue weighted by Crippen LogP contribution is 2.14. The van der Waals surface area contributed by atoms with Crippen LogP contribution in [0, 0.1) is 13.8 Å². The lowest BCUT2D eigenvalue weighted by molar-refractivity contribution is -0.0262. The minimum atomic E-state index is 0.325. The number of ether oxygens (including phenoxy) is 1. The zero-order valence-electron chi connectivity index (χ0n) is 10.4. The van der Waals surface area contributed by atoms with Crippen molar-refractivity contribution in [2.45, 2.75) is 39.4 Å². The summed E-state index contributed by atoms with van der Waals surface area (Å²) in [6, 6.07) is 6.69. The van der Waals surface area contributed by atoms with E-state index in [-0.39, 0.29) is 0 Å². The third-order valence-corrected chi connectivity index (χ3v) is 3.26. The van der Waals surface area contributed by atoms with E-state index in [9.17, 15) is 0 Å². The van der Waals surface area contributed by atoms with Crippen LogP contribution in [0.2, 0.25) is 0 Å². The molecule has 0 amide bonds. The lowest BCUT2D eigenvalue weighted by atomic mass is 10.0. The molecule has 1 saturated heterocycles. The van der Waals surface area contributed by atoms with E-state index < -0.39 is 0 Å². The molecule has 0 bridgehead atoms. The lowest BCUT2D eigenvalue weighted by Crippen LogP contribution is -2.44. The molecule has 1 N–H and O–H groups in total. The largest absolute Gasteiger partial charge is 0.372 e. The van der Waals surface area contributed by atoms with Crippen LogP contribution in [-0.4, -0.2) is 25.3 Å². The smallest absolute Gasteiger partial charge is 0.0743 e. The first-order chi connectivity index (χ1) is 7.65. The molecule has 0 saturated carbocycles. The summed E-state index contributed by atoms with van der Waals surface area (Å²) < 4.78 is 5.90. The van der Waals surface area contributed by atoms with Crippen LogP contribution in [0.5, 0.6) is 0 Å². The van der Waals surface area contributed by atoms with E-state index in [2.05, 4.69) is 44.3 Å². The van der Waals surface area contributed by atoms with Crippen molar-refractivity contribution in [3.63, 3.8) is 0 Å². The average Bonchev–Trinajstić information content (AvgIpc) is 2.24. The third kappa shape index (κ3) is 2.83. The van der Waals surface area contributed by atoms with E-state index in [1.165, 1.54) is 16.7 Å². The maximum atomic E-state index is 5.90. The number of morpholine rings is 1. The van der Waals surface area contributed by atoms with Crippen molar-refractivity contribution in [3.8, 4) is 0 Å². The lowest BCUT2D eigenvalue weighted by Gasteiger charge is -2.29. The summed E-state index contributed by atoms with van der Waals surface area (Å²) in [5.41, 5.74) is 4.11. The fraction of sp³-hybridized carbons (Fsp3) is 0.571. The molecule has 0 aromatic heterocycles. The summed E-state index contributed by atoms with van der Waals surface area (Å²) in [4.78, 5) is 0. The first-order valence-electron chi connectivity index (χ1n) is 6.07. The molecule has 2 atom stereocenters. The minimum absolute atomic E-state index is 0.325. The SMILES string of the molecule is Cc1ccc(CC2CNCC(C)O2)cc1C. The molecule has 1 aromatic rings. The summed E-state index contributed by atoms with van der Waals surface area (Å²) in [5, 5.41) is 3.41. The molecule has 2 nitrogen and oxygen atoms in total. The van der Waals surface area contributed by atoms with Gasteiger partial charge in [0.15, 0.2) is 0 Å². The van der Waals surface area contributed by atoms with Crippen molar-refractivity contribution in [1.82, 2.24) is 5.32 Å². The van der Waals surface area contributed by atoms with E-state index in [0.717, 1.165) is 19.5 Å². The topological polar surface area (TPSA) is 21.3 Å². The fourth-order valence-electron chi connectivity index (χ4n) is 2.19. The van der Waals surface area contributed by atoms with Crippen LogP contribution in [-0.2, 0) is 11.2 Å². The molecule has 88 valence electrons. The Hall–Kier alpha value is -0.860. The normalized spacial score (nSPS) is 25.7. The monoisotopic (exact) mass is 219 g/mol. The molecular formula is C14H21NO. The molecule has 1 aliphatic heterocycles. The number of hydrogen-bond acceptors (Lipinski definition) is 2. The zero-order valence-corrected chi connectivity index (χ0v) is 10.4. The first kappa shape index (κ1) is 11.6. The maximum Gasteiger partial charge on any atom is 0.0743 e. The number of rotatable bonds is 2. The molecule has 16 heavy (non-hydrogen) atoms. The van der Waals surface area contributed by atoms with E-state index in [0.29, 0.717) is 12.2 Å². The highest BCUT2D eigenvalue weighted by molar-refractivity contribution is 5.30. The van der Waals surface area contributed by atoms with Gasteiger partial charge in [-0.15, -0.1) is 0 Å². The Bertz CT molecular complexity index is 362. The van der Waals surface area contributed by atoms with Crippen molar-refractivity contribution in [1.29, 1.82) is 0 Å².